The maximum absolute atomic E-state index is 11.7. The number of nitrogens with zero attached hydrogens (tertiary/aromatic N) is 1. The van der Waals surface area contributed by atoms with Gasteiger partial charge in [0.2, 0.25) is 5.91 Å². The Balaban J connectivity index is 0.00000264. The molecule has 6 heteroatoms. The van der Waals surface area contributed by atoms with Crippen LogP contribution in [0.2, 0.25) is 0 Å². The zero-order chi connectivity index (χ0) is 15.6. The van der Waals surface area contributed by atoms with Crippen molar-refractivity contribution in [2.75, 3.05) is 13.1 Å². The molecule has 2 rings (SSSR count). The molecule has 0 fully saturated rings. The molecule has 0 aliphatic carbocycles. The highest BCUT2D eigenvalue weighted by Gasteiger charge is 2.02. The Kier molecular flexibility index (Phi) is 12.4. The Morgan fingerprint density at radius 1 is 1.00 bits per heavy atom. The lowest BCUT2D eigenvalue weighted by molar-refractivity contribution is -0.121. The van der Waals surface area contributed by atoms with Crippen molar-refractivity contribution in [3.05, 3.63) is 36.5 Å². The van der Waals surface area contributed by atoms with Crippen molar-refractivity contribution in [2.24, 2.45) is 5.73 Å². The predicted octanol–water partition coefficient (Wildman–Crippen LogP) is 3.90. The van der Waals surface area contributed by atoms with Crippen LogP contribution in [0.25, 0.3) is 10.9 Å². The van der Waals surface area contributed by atoms with Crippen LogP contribution >= 0.6 is 24.8 Å². The number of nitrogens with one attached hydrogen (secondary N) is 1. The summed E-state index contributed by atoms with van der Waals surface area (Å²) < 4.78 is 2.24. The van der Waals surface area contributed by atoms with Crippen molar-refractivity contribution in [3.8, 4) is 0 Å². The van der Waals surface area contributed by atoms with Gasteiger partial charge in [0.05, 0.1) is 0 Å². The zero-order valence-electron chi connectivity index (χ0n) is 14.1. The molecule has 1 heterocycles. The van der Waals surface area contributed by atoms with Gasteiger partial charge in [0.1, 0.15) is 0 Å². The van der Waals surface area contributed by atoms with Gasteiger partial charge in [-0.25, -0.2) is 0 Å². The van der Waals surface area contributed by atoms with Crippen LogP contribution in [0.5, 0.6) is 0 Å². The standard InChI is InChI=1S/C18H27N3O.2ClH/c19-12-6-2-1-3-10-18(22)20-13-7-14-21-15-11-16-8-4-5-9-17(16)21;;/h4-5,8-9,11,15H,1-3,6-7,10,12-14,19H2,(H,20,22);2*1H. The molecule has 0 spiro atoms. The summed E-state index contributed by atoms with van der Waals surface area (Å²) in [6, 6.07) is 10.5. The highest BCUT2D eigenvalue weighted by atomic mass is 35.5. The number of rotatable bonds is 10. The van der Waals surface area contributed by atoms with E-state index in [1.165, 1.54) is 10.9 Å². The fourth-order valence-electron chi connectivity index (χ4n) is 2.68. The Morgan fingerprint density at radius 2 is 1.75 bits per heavy atom. The third-order valence-corrected chi connectivity index (χ3v) is 3.94. The summed E-state index contributed by atoms with van der Waals surface area (Å²) in [5.74, 6) is 0.171. The van der Waals surface area contributed by atoms with E-state index in [9.17, 15) is 4.79 Å². The number of para-hydroxylation sites is 1. The molecule has 0 bridgehead atoms. The van der Waals surface area contributed by atoms with Crippen LogP contribution in [0, 0.1) is 0 Å². The van der Waals surface area contributed by atoms with Gasteiger partial charge < -0.3 is 15.6 Å². The number of aromatic nitrogens is 1. The largest absolute Gasteiger partial charge is 0.356 e. The number of halogens is 2. The fourth-order valence-corrected chi connectivity index (χ4v) is 2.68. The highest BCUT2D eigenvalue weighted by Crippen LogP contribution is 2.15. The SMILES string of the molecule is Cl.Cl.NCCCCCCC(=O)NCCCn1ccc2ccccc21. The van der Waals surface area contributed by atoms with Crippen molar-refractivity contribution in [1.29, 1.82) is 0 Å². The molecule has 3 N–H and O–H groups in total. The van der Waals surface area contributed by atoms with Crippen LogP contribution < -0.4 is 11.1 Å². The third kappa shape index (κ3) is 7.56. The molecule has 1 aromatic carbocycles. The van der Waals surface area contributed by atoms with E-state index >= 15 is 0 Å². The number of unbranched alkanes of at least 4 members (excludes halogenated alkanes) is 3. The zero-order valence-corrected chi connectivity index (χ0v) is 15.7. The maximum Gasteiger partial charge on any atom is 0.219 e. The molecule has 0 atom stereocenters. The molecule has 0 unspecified atom stereocenters. The maximum atomic E-state index is 11.7. The van der Waals surface area contributed by atoms with Crippen LogP contribution in [-0.2, 0) is 11.3 Å². The van der Waals surface area contributed by atoms with E-state index in [2.05, 4.69) is 46.4 Å². The van der Waals surface area contributed by atoms with Crippen LogP contribution in [0.1, 0.15) is 38.5 Å². The fraction of sp³-hybridized carbons (Fsp3) is 0.500. The number of carbonyl (C=O) groups excluding carboxylic acids is 1. The van der Waals surface area contributed by atoms with Crippen molar-refractivity contribution < 1.29 is 4.79 Å². The summed E-state index contributed by atoms with van der Waals surface area (Å²) in [5.41, 5.74) is 6.70. The quantitative estimate of drug-likeness (QED) is 0.620. The van der Waals surface area contributed by atoms with E-state index in [-0.39, 0.29) is 30.7 Å². The third-order valence-electron chi connectivity index (χ3n) is 3.94. The number of nitrogens with two attached hydrogens (primary N) is 1. The van der Waals surface area contributed by atoms with Gasteiger partial charge in [0.15, 0.2) is 0 Å². The second kappa shape index (κ2) is 13.1. The van der Waals surface area contributed by atoms with Gasteiger partial charge in [-0.2, -0.15) is 0 Å². The van der Waals surface area contributed by atoms with Crippen LogP contribution in [0.4, 0.5) is 0 Å². The van der Waals surface area contributed by atoms with E-state index in [1.807, 2.05) is 0 Å². The smallest absolute Gasteiger partial charge is 0.219 e. The second-order valence-corrected chi connectivity index (χ2v) is 5.72. The molecule has 0 aliphatic heterocycles. The molecule has 0 saturated heterocycles. The molecule has 1 aromatic heterocycles. The molecular formula is C18H29Cl2N3O. The van der Waals surface area contributed by atoms with E-state index in [1.54, 1.807) is 0 Å². The Morgan fingerprint density at radius 3 is 2.54 bits per heavy atom. The van der Waals surface area contributed by atoms with Crippen molar-refractivity contribution >= 4 is 41.6 Å². The number of hydrogen-bond acceptors (Lipinski definition) is 2. The lowest BCUT2D eigenvalue weighted by Gasteiger charge is -2.07. The average molecular weight is 374 g/mol. The van der Waals surface area contributed by atoms with E-state index in [0.717, 1.165) is 51.7 Å². The molecule has 0 aliphatic rings. The topological polar surface area (TPSA) is 60.1 Å². The molecule has 0 radical (unpaired) electrons. The molecule has 4 nitrogen and oxygen atoms in total. The minimum Gasteiger partial charge on any atom is -0.356 e. The van der Waals surface area contributed by atoms with Crippen LogP contribution in [-0.4, -0.2) is 23.6 Å². The summed E-state index contributed by atoms with van der Waals surface area (Å²) in [6.07, 6.45) is 7.96. The van der Waals surface area contributed by atoms with Gasteiger partial charge in [0, 0.05) is 31.2 Å². The number of aryl methyl sites for hydroxylation is 1. The van der Waals surface area contributed by atoms with Gasteiger partial charge in [-0.1, -0.05) is 31.0 Å². The Labute approximate surface area is 157 Å². The number of carbonyl (C=O) groups is 1. The Bertz CT molecular complexity index is 586. The summed E-state index contributed by atoms with van der Waals surface area (Å²) in [7, 11) is 0. The van der Waals surface area contributed by atoms with Crippen molar-refractivity contribution in [2.45, 2.75) is 45.1 Å². The van der Waals surface area contributed by atoms with Crippen LogP contribution in [0.15, 0.2) is 36.5 Å². The molecule has 136 valence electrons. The first kappa shape index (κ1) is 22.8. The van der Waals surface area contributed by atoms with Gasteiger partial charge in [-0.15, -0.1) is 24.8 Å². The minimum absolute atomic E-state index is 0. The first-order chi connectivity index (χ1) is 10.8. The number of benzene rings is 1. The lowest BCUT2D eigenvalue weighted by Crippen LogP contribution is -2.24. The van der Waals surface area contributed by atoms with E-state index in [0.29, 0.717) is 6.42 Å². The van der Waals surface area contributed by atoms with Gasteiger partial charge in [0.25, 0.3) is 0 Å². The molecule has 24 heavy (non-hydrogen) atoms. The molecule has 0 saturated carbocycles. The van der Waals surface area contributed by atoms with E-state index < -0.39 is 0 Å². The minimum atomic E-state index is 0. The summed E-state index contributed by atoms with van der Waals surface area (Å²) in [5, 5.41) is 4.27. The lowest BCUT2D eigenvalue weighted by atomic mass is 10.1. The predicted molar refractivity (Wildman–Crippen MR) is 106 cm³/mol. The molecule has 2 aromatic rings. The summed E-state index contributed by atoms with van der Waals surface area (Å²) in [4.78, 5) is 11.7. The molecule has 1 amide bonds. The van der Waals surface area contributed by atoms with Crippen LogP contribution in [0.3, 0.4) is 0 Å². The first-order valence-corrected chi connectivity index (χ1v) is 8.32. The van der Waals surface area contributed by atoms with Crippen molar-refractivity contribution in [1.82, 2.24) is 9.88 Å². The summed E-state index contributed by atoms with van der Waals surface area (Å²) in [6.45, 7) is 2.43. The highest BCUT2D eigenvalue weighted by molar-refractivity contribution is 5.85. The Hall–Kier alpha value is -1.23. The van der Waals surface area contributed by atoms with Gasteiger partial charge >= 0.3 is 0 Å². The first-order valence-electron chi connectivity index (χ1n) is 8.32. The monoisotopic (exact) mass is 373 g/mol. The average Bonchev–Trinajstić information content (AvgIpc) is 2.95. The number of hydrogen-bond donors (Lipinski definition) is 2. The number of amides is 1. The van der Waals surface area contributed by atoms with Crippen molar-refractivity contribution in [3.63, 3.8) is 0 Å². The van der Waals surface area contributed by atoms with Gasteiger partial charge in [-0.05, 0) is 43.3 Å². The molecular weight excluding hydrogens is 345 g/mol. The number of fused-ring (bicyclic) bond motifs is 1. The normalized spacial score (nSPS) is 10.0. The summed E-state index contributed by atoms with van der Waals surface area (Å²) >= 11 is 0. The van der Waals surface area contributed by atoms with E-state index in [4.69, 9.17) is 5.73 Å². The van der Waals surface area contributed by atoms with Gasteiger partial charge in [-0.3, -0.25) is 4.79 Å². The second-order valence-electron chi connectivity index (χ2n) is 5.72.